The number of amides is 1. The van der Waals surface area contributed by atoms with Gasteiger partial charge in [0.2, 0.25) is 0 Å². The number of carbonyl (C=O) groups is 2. The molecular formula is C14H17Cl2NO4. The Morgan fingerprint density at radius 1 is 1.29 bits per heavy atom. The molecule has 0 aliphatic carbocycles. The molecule has 1 aromatic rings. The first-order valence-corrected chi connectivity index (χ1v) is 7.20. The fraction of sp³-hybridized carbons (Fsp3) is 0.429. The minimum atomic E-state index is -0.652. The Morgan fingerprint density at radius 2 is 2.00 bits per heavy atom. The maximum absolute atomic E-state index is 11.5. The van der Waals surface area contributed by atoms with Crippen LogP contribution in [0.3, 0.4) is 0 Å². The van der Waals surface area contributed by atoms with Crippen LogP contribution in [-0.4, -0.2) is 31.1 Å². The van der Waals surface area contributed by atoms with Gasteiger partial charge >= 0.3 is 5.97 Å². The summed E-state index contributed by atoms with van der Waals surface area (Å²) in [6.45, 7) is 3.14. The minimum absolute atomic E-state index is 0.0420. The molecule has 0 bridgehead atoms. The molecule has 0 fully saturated rings. The standard InChI is InChI=1S/C14H17Cl2NO4/c1-3-9(2)17-13(18)7-21-14(19)8-20-12-5-4-10(15)6-11(12)16/h4-6,9H,3,7-8H2,1-2H3,(H,17,18)/t9-/m1/s1. The van der Waals surface area contributed by atoms with Crippen LogP contribution in [0.5, 0.6) is 5.75 Å². The summed E-state index contributed by atoms with van der Waals surface area (Å²) in [7, 11) is 0. The first-order valence-electron chi connectivity index (χ1n) is 6.45. The summed E-state index contributed by atoms with van der Waals surface area (Å²) in [5.74, 6) is -0.676. The Kier molecular flexibility index (Phi) is 7.32. The van der Waals surface area contributed by atoms with Crippen molar-refractivity contribution in [2.45, 2.75) is 26.3 Å². The van der Waals surface area contributed by atoms with E-state index in [0.29, 0.717) is 15.8 Å². The number of halogens is 2. The molecule has 1 aromatic carbocycles. The Balaban J connectivity index is 2.32. The molecule has 7 heteroatoms. The molecule has 5 nitrogen and oxygen atoms in total. The Hall–Kier alpha value is -1.46. The molecule has 0 heterocycles. The van der Waals surface area contributed by atoms with Gasteiger partial charge in [0.05, 0.1) is 5.02 Å². The summed E-state index contributed by atoms with van der Waals surface area (Å²) in [6, 6.07) is 4.69. The van der Waals surface area contributed by atoms with Gasteiger partial charge in [-0.15, -0.1) is 0 Å². The van der Waals surface area contributed by atoms with Crippen LogP contribution in [0.4, 0.5) is 0 Å². The highest BCUT2D eigenvalue weighted by atomic mass is 35.5. The van der Waals surface area contributed by atoms with Gasteiger partial charge in [-0.3, -0.25) is 4.79 Å². The first-order chi connectivity index (χ1) is 9.92. The quantitative estimate of drug-likeness (QED) is 0.779. The number of rotatable bonds is 7. The van der Waals surface area contributed by atoms with Gasteiger partial charge < -0.3 is 14.8 Å². The van der Waals surface area contributed by atoms with Crippen LogP contribution in [0.1, 0.15) is 20.3 Å². The van der Waals surface area contributed by atoms with Crippen molar-refractivity contribution >= 4 is 35.1 Å². The zero-order valence-electron chi connectivity index (χ0n) is 11.8. The van der Waals surface area contributed by atoms with E-state index in [1.807, 2.05) is 13.8 Å². The van der Waals surface area contributed by atoms with Crippen LogP contribution < -0.4 is 10.1 Å². The Labute approximate surface area is 133 Å². The fourth-order valence-corrected chi connectivity index (χ4v) is 1.80. The summed E-state index contributed by atoms with van der Waals surface area (Å²) >= 11 is 11.6. The molecule has 21 heavy (non-hydrogen) atoms. The summed E-state index contributed by atoms with van der Waals surface area (Å²) in [6.07, 6.45) is 0.803. The molecule has 0 aliphatic heterocycles. The second-order valence-corrected chi connectivity index (χ2v) is 5.24. The van der Waals surface area contributed by atoms with Gasteiger partial charge in [-0.05, 0) is 31.5 Å². The SMILES string of the molecule is CC[C@@H](C)NC(=O)COC(=O)COc1ccc(Cl)cc1Cl. The summed E-state index contributed by atoms with van der Waals surface area (Å²) < 4.78 is 9.98. The van der Waals surface area contributed by atoms with Crippen molar-refractivity contribution in [2.75, 3.05) is 13.2 Å². The van der Waals surface area contributed by atoms with E-state index < -0.39 is 5.97 Å². The van der Waals surface area contributed by atoms with Gasteiger partial charge in [0.15, 0.2) is 13.2 Å². The number of hydrogen-bond donors (Lipinski definition) is 1. The van der Waals surface area contributed by atoms with Crippen LogP contribution in [-0.2, 0) is 14.3 Å². The first kappa shape index (κ1) is 17.6. The number of benzene rings is 1. The van der Waals surface area contributed by atoms with E-state index in [9.17, 15) is 9.59 Å². The van der Waals surface area contributed by atoms with Crippen molar-refractivity contribution in [3.05, 3.63) is 28.2 Å². The van der Waals surface area contributed by atoms with E-state index >= 15 is 0 Å². The van der Waals surface area contributed by atoms with E-state index in [0.717, 1.165) is 6.42 Å². The lowest BCUT2D eigenvalue weighted by atomic mass is 10.2. The van der Waals surface area contributed by atoms with E-state index in [2.05, 4.69) is 5.32 Å². The van der Waals surface area contributed by atoms with E-state index in [-0.39, 0.29) is 25.2 Å². The number of nitrogens with one attached hydrogen (secondary N) is 1. The maximum Gasteiger partial charge on any atom is 0.344 e. The topological polar surface area (TPSA) is 64.6 Å². The fourth-order valence-electron chi connectivity index (χ4n) is 1.34. The second-order valence-electron chi connectivity index (χ2n) is 4.40. The predicted molar refractivity (Wildman–Crippen MR) is 80.8 cm³/mol. The molecule has 116 valence electrons. The van der Waals surface area contributed by atoms with Crippen molar-refractivity contribution in [3.63, 3.8) is 0 Å². The van der Waals surface area contributed by atoms with Crippen LogP contribution >= 0.6 is 23.2 Å². The van der Waals surface area contributed by atoms with Gasteiger partial charge in [-0.25, -0.2) is 4.79 Å². The monoisotopic (exact) mass is 333 g/mol. The van der Waals surface area contributed by atoms with Crippen molar-refractivity contribution in [1.82, 2.24) is 5.32 Å². The van der Waals surface area contributed by atoms with Gasteiger partial charge in [0.25, 0.3) is 5.91 Å². The second kappa shape index (κ2) is 8.74. The molecule has 0 saturated heterocycles. The normalized spacial score (nSPS) is 11.6. The average Bonchev–Trinajstić information content (AvgIpc) is 2.44. The molecule has 0 radical (unpaired) electrons. The third-order valence-corrected chi connectivity index (χ3v) is 3.15. The zero-order chi connectivity index (χ0) is 15.8. The molecule has 1 rings (SSSR count). The number of hydrogen-bond acceptors (Lipinski definition) is 4. The maximum atomic E-state index is 11.5. The lowest BCUT2D eigenvalue weighted by Gasteiger charge is -2.12. The van der Waals surface area contributed by atoms with Crippen LogP contribution in [0.25, 0.3) is 0 Å². The van der Waals surface area contributed by atoms with Crippen LogP contribution in [0.2, 0.25) is 10.0 Å². The van der Waals surface area contributed by atoms with Crippen molar-refractivity contribution < 1.29 is 19.1 Å². The highest BCUT2D eigenvalue weighted by Crippen LogP contribution is 2.27. The molecule has 0 spiro atoms. The minimum Gasteiger partial charge on any atom is -0.480 e. The molecule has 1 N–H and O–H groups in total. The predicted octanol–water partition coefficient (Wildman–Crippen LogP) is 2.83. The van der Waals surface area contributed by atoms with E-state index in [4.69, 9.17) is 32.7 Å². The molecular weight excluding hydrogens is 317 g/mol. The number of ether oxygens (including phenoxy) is 2. The Bertz CT molecular complexity index is 508. The lowest BCUT2D eigenvalue weighted by Crippen LogP contribution is -2.35. The average molecular weight is 334 g/mol. The van der Waals surface area contributed by atoms with Crippen LogP contribution in [0.15, 0.2) is 18.2 Å². The van der Waals surface area contributed by atoms with Crippen molar-refractivity contribution in [1.29, 1.82) is 0 Å². The van der Waals surface area contributed by atoms with E-state index in [1.165, 1.54) is 6.07 Å². The van der Waals surface area contributed by atoms with Gasteiger partial charge in [0.1, 0.15) is 5.75 Å². The van der Waals surface area contributed by atoms with Crippen molar-refractivity contribution in [2.24, 2.45) is 0 Å². The van der Waals surface area contributed by atoms with Gasteiger partial charge in [-0.1, -0.05) is 30.1 Å². The van der Waals surface area contributed by atoms with Gasteiger partial charge in [0, 0.05) is 11.1 Å². The van der Waals surface area contributed by atoms with Crippen molar-refractivity contribution in [3.8, 4) is 5.75 Å². The van der Waals surface area contributed by atoms with Gasteiger partial charge in [-0.2, -0.15) is 0 Å². The smallest absolute Gasteiger partial charge is 0.344 e. The summed E-state index contributed by atoms with van der Waals surface area (Å²) in [4.78, 5) is 22.9. The zero-order valence-corrected chi connectivity index (χ0v) is 13.3. The van der Waals surface area contributed by atoms with Crippen LogP contribution in [0, 0.1) is 0 Å². The highest BCUT2D eigenvalue weighted by molar-refractivity contribution is 6.35. The number of carbonyl (C=O) groups excluding carboxylic acids is 2. The summed E-state index contributed by atoms with van der Waals surface area (Å²) in [5, 5.41) is 3.45. The third-order valence-electron chi connectivity index (χ3n) is 2.62. The lowest BCUT2D eigenvalue weighted by molar-refractivity contribution is -0.150. The largest absolute Gasteiger partial charge is 0.480 e. The molecule has 1 atom stereocenters. The Morgan fingerprint density at radius 3 is 2.62 bits per heavy atom. The highest BCUT2D eigenvalue weighted by Gasteiger charge is 2.11. The molecule has 1 amide bonds. The third kappa shape index (κ3) is 6.69. The number of esters is 1. The molecule has 0 aromatic heterocycles. The molecule has 0 unspecified atom stereocenters. The van der Waals surface area contributed by atoms with E-state index in [1.54, 1.807) is 12.1 Å². The molecule has 0 saturated carbocycles. The molecule has 0 aliphatic rings. The summed E-state index contributed by atoms with van der Waals surface area (Å²) in [5.41, 5.74) is 0.